The lowest BCUT2D eigenvalue weighted by atomic mass is 9.98. The predicted octanol–water partition coefficient (Wildman–Crippen LogP) is 3.33. The molecule has 0 fully saturated rings. The van der Waals surface area contributed by atoms with Crippen molar-refractivity contribution in [3.8, 4) is 11.6 Å². The number of aromatic amines is 1. The van der Waals surface area contributed by atoms with Crippen LogP contribution in [0, 0.1) is 5.82 Å². The number of nitrogens with one attached hydrogen (secondary N) is 1. The molecule has 0 unspecified atom stereocenters. The van der Waals surface area contributed by atoms with E-state index in [4.69, 9.17) is 4.42 Å². The highest BCUT2D eigenvalue weighted by atomic mass is 19.1. The number of nitrogens with zero attached hydrogens (tertiary/aromatic N) is 6. The molecule has 6 rings (SSSR count). The van der Waals surface area contributed by atoms with Crippen LogP contribution >= 0.6 is 0 Å². The topological polar surface area (TPSA) is 114 Å². The van der Waals surface area contributed by atoms with Gasteiger partial charge in [0.1, 0.15) is 17.6 Å². The number of rotatable bonds is 3. The van der Waals surface area contributed by atoms with Crippen LogP contribution in [0.25, 0.3) is 22.4 Å². The molecule has 0 spiro atoms. The van der Waals surface area contributed by atoms with Crippen LogP contribution in [0.15, 0.2) is 65.6 Å². The van der Waals surface area contributed by atoms with Crippen LogP contribution in [0.5, 0.6) is 0 Å². The zero-order valence-electron chi connectivity index (χ0n) is 17.1. The maximum atomic E-state index is 13.5. The number of aromatic nitrogens is 6. The molecule has 1 N–H and O–H groups in total. The van der Waals surface area contributed by atoms with E-state index in [9.17, 15) is 9.18 Å². The zero-order valence-corrected chi connectivity index (χ0v) is 17.1. The average molecular weight is 441 g/mol. The smallest absolute Gasteiger partial charge is 0.312 e. The van der Waals surface area contributed by atoms with Crippen molar-refractivity contribution in [2.75, 3.05) is 6.54 Å². The highest BCUT2D eigenvalue weighted by Crippen LogP contribution is 2.34. The summed E-state index contributed by atoms with van der Waals surface area (Å²) in [6.45, 7) is 0.416. The molecule has 0 bridgehead atoms. The first-order chi connectivity index (χ1) is 16.2. The Bertz CT molecular complexity index is 1480. The fourth-order valence-corrected chi connectivity index (χ4v) is 4.08. The van der Waals surface area contributed by atoms with E-state index in [-0.39, 0.29) is 17.5 Å². The molecule has 5 heterocycles. The summed E-state index contributed by atoms with van der Waals surface area (Å²) in [6.07, 6.45) is 5.06. The molecule has 1 amide bonds. The maximum absolute atomic E-state index is 13.5. The number of H-pyrrole nitrogens is 1. The van der Waals surface area contributed by atoms with Gasteiger partial charge in [-0.2, -0.15) is 0 Å². The Balaban J connectivity index is 1.39. The molecular formula is C23H16FN7O2. The van der Waals surface area contributed by atoms with Crippen LogP contribution < -0.4 is 0 Å². The summed E-state index contributed by atoms with van der Waals surface area (Å²) in [4.78, 5) is 31.3. The fraction of sp³-hybridized carbons (Fsp3) is 0.130. The third-order valence-electron chi connectivity index (χ3n) is 5.67. The molecule has 0 aliphatic carbocycles. The summed E-state index contributed by atoms with van der Waals surface area (Å²) >= 11 is 0. The first-order valence-electron chi connectivity index (χ1n) is 10.3. The molecule has 1 aliphatic heterocycles. The molecule has 0 radical (unpaired) electrons. The molecule has 9 nitrogen and oxygen atoms in total. The van der Waals surface area contributed by atoms with Crippen molar-refractivity contribution in [1.29, 1.82) is 0 Å². The second-order valence-electron chi connectivity index (χ2n) is 7.65. The van der Waals surface area contributed by atoms with Gasteiger partial charge in [0, 0.05) is 30.2 Å². The number of carbonyl (C=O) groups excluding carboxylic acids is 1. The minimum absolute atomic E-state index is 0.0381. The Morgan fingerprint density at radius 3 is 2.79 bits per heavy atom. The van der Waals surface area contributed by atoms with Gasteiger partial charge in [-0.1, -0.05) is 24.3 Å². The molecule has 1 aromatic carbocycles. The molecule has 10 heteroatoms. The summed E-state index contributed by atoms with van der Waals surface area (Å²) in [5, 5.41) is 9.86. The van der Waals surface area contributed by atoms with Crippen molar-refractivity contribution in [3.63, 3.8) is 0 Å². The molecule has 0 saturated carbocycles. The number of halogens is 1. The molecule has 0 saturated heterocycles. The van der Waals surface area contributed by atoms with E-state index in [1.165, 1.54) is 12.1 Å². The van der Waals surface area contributed by atoms with Gasteiger partial charge in [-0.25, -0.2) is 14.4 Å². The second kappa shape index (κ2) is 7.59. The highest BCUT2D eigenvalue weighted by molar-refractivity contribution is 5.90. The second-order valence-corrected chi connectivity index (χ2v) is 7.65. The Labute approximate surface area is 186 Å². The lowest BCUT2D eigenvalue weighted by molar-refractivity contribution is 0.0647. The van der Waals surface area contributed by atoms with Crippen LogP contribution in [0.3, 0.4) is 0 Å². The third kappa shape index (κ3) is 3.32. The number of hydrogen-bond donors (Lipinski definition) is 1. The van der Waals surface area contributed by atoms with E-state index in [1.54, 1.807) is 17.4 Å². The number of benzene rings is 1. The minimum atomic E-state index is -0.517. The monoisotopic (exact) mass is 441 g/mol. The summed E-state index contributed by atoms with van der Waals surface area (Å²) in [5.74, 6) is -1.06. The van der Waals surface area contributed by atoms with Crippen LogP contribution in [0.1, 0.15) is 33.8 Å². The third-order valence-corrected chi connectivity index (χ3v) is 5.67. The van der Waals surface area contributed by atoms with Crippen molar-refractivity contribution in [1.82, 2.24) is 35.0 Å². The summed E-state index contributed by atoms with van der Waals surface area (Å²) < 4.78 is 18.8. The predicted molar refractivity (Wildman–Crippen MR) is 114 cm³/mol. The molecule has 1 aliphatic rings. The maximum Gasteiger partial charge on any atom is 0.312 e. The molecular weight excluding hydrogens is 425 g/mol. The van der Waals surface area contributed by atoms with Crippen molar-refractivity contribution in [3.05, 3.63) is 90.0 Å². The van der Waals surface area contributed by atoms with E-state index < -0.39 is 17.8 Å². The Hall–Kier alpha value is -4.47. The largest absolute Gasteiger partial charge is 0.411 e. The molecule has 33 heavy (non-hydrogen) atoms. The Kier molecular flexibility index (Phi) is 4.42. The van der Waals surface area contributed by atoms with Crippen molar-refractivity contribution in [2.45, 2.75) is 12.5 Å². The SMILES string of the molecule is O=C(c1nnc(-c2ccc(F)cn2)o1)N1CCc2[nH]cnc2[C@@H]1c1cc2ccccc2cn1. The van der Waals surface area contributed by atoms with E-state index in [2.05, 4.69) is 30.1 Å². The number of pyridine rings is 2. The molecule has 5 aromatic rings. The van der Waals surface area contributed by atoms with E-state index in [1.807, 2.05) is 30.3 Å². The highest BCUT2D eigenvalue weighted by Gasteiger charge is 2.37. The van der Waals surface area contributed by atoms with E-state index in [0.717, 1.165) is 28.4 Å². The van der Waals surface area contributed by atoms with Gasteiger partial charge < -0.3 is 14.3 Å². The Morgan fingerprint density at radius 1 is 1.06 bits per heavy atom. The number of amides is 1. The van der Waals surface area contributed by atoms with Crippen LogP contribution in [-0.2, 0) is 6.42 Å². The standard InChI is InChI=1S/C23H16FN7O2/c24-15-5-6-17(26-11-15)21-29-30-22(33-21)23(32)31-8-7-16-19(28-12-27-16)20(31)18-9-13-3-1-2-4-14(13)10-25-18/h1-6,9-12,20H,7-8H2,(H,27,28)/t20-/m0/s1. The van der Waals surface area contributed by atoms with Gasteiger partial charge in [0.25, 0.3) is 5.89 Å². The number of fused-ring (bicyclic) bond motifs is 2. The number of hydrogen-bond acceptors (Lipinski definition) is 7. The lowest BCUT2D eigenvalue weighted by Gasteiger charge is -2.33. The first kappa shape index (κ1) is 19.2. The van der Waals surface area contributed by atoms with E-state index in [0.29, 0.717) is 18.7 Å². The fourth-order valence-electron chi connectivity index (χ4n) is 4.08. The van der Waals surface area contributed by atoms with Crippen molar-refractivity contribution >= 4 is 16.7 Å². The van der Waals surface area contributed by atoms with Crippen molar-refractivity contribution in [2.24, 2.45) is 0 Å². The summed E-state index contributed by atoms with van der Waals surface area (Å²) in [7, 11) is 0. The zero-order chi connectivity index (χ0) is 22.4. The molecule has 1 atom stereocenters. The molecule has 162 valence electrons. The number of carbonyl (C=O) groups is 1. The quantitative estimate of drug-likeness (QED) is 0.457. The van der Waals surface area contributed by atoms with Gasteiger partial charge in [0.2, 0.25) is 0 Å². The lowest BCUT2D eigenvalue weighted by Crippen LogP contribution is -2.41. The molecule has 4 aromatic heterocycles. The van der Waals surface area contributed by atoms with Crippen molar-refractivity contribution < 1.29 is 13.6 Å². The van der Waals surface area contributed by atoms with Gasteiger partial charge in [0.15, 0.2) is 0 Å². The average Bonchev–Trinajstić information content (AvgIpc) is 3.53. The van der Waals surface area contributed by atoms with Gasteiger partial charge in [0.05, 0.1) is 23.9 Å². The van der Waals surface area contributed by atoms with Gasteiger partial charge >= 0.3 is 11.8 Å². The Morgan fingerprint density at radius 2 is 1.94 bits per heavy atom. The van der Waals surface area contributed by atoms with Gasteiger partial charge in [-0.3, -0.25) is 9.78 Å². The van der Waals surface area contributed by atoms with Crippen LogP contribution in [0.2, 0.25) is 0 Å². The summed E-state index contributed by atoms with van der Waals surface area (Å²) in [5.41, 5.74) is 2.66. The minimum Gasteiger partial charge on any atom is -0.411 e. The number of imidazole rings is 1. The normalized spacial score (nSPS) is 15.5. The van der Waals surface area contributed by atoms with E-state index >= 15 is 0 Å². The van der Waals surface area contributed by atoms with Crippen LogP contribution in [0.4, 0.5) is 4.39 Å². The van der Waals surface area contributed by atoms with Gasteiger partial charge in [-0.15, -0.1) is 10.2 Å². The van der Waals surface area contributed by atoms with Gasteiger partial charge in [-0.05, 0) is 23.6 Å². The summed E-state index contributed by atoms with van der Waals surface area (Å²) in [6, 6.07) is 12.0. The van der Waals surface area contributed by atoms with Crippen LogP contribution in [-0.4, -0.2) is 47.5 Å². The first-order valence-corrected chi connectivity index (χ1v) is 10.3.